The Morgan fingerprint density at radius 3 is 2.36 bits per heavy atom. The van der Waals surface area contributed by atoms with E-state index in [4.69, 9.17) is 4.74 Å². The fourth-order valence-corrected chi connectivity index (χ4v) is 3.14. The standard InChI is InChI=1S/C20H30N2O3/c1-3-4-9-19(23)21-12-6-13-22(15-14-21)20(24)11-10-17-7-5-8-18(16-17)25-2/h5,7-8,16H,3-4,6,9-15H2,1-2H3. The van der Waals surface area contributed by atoms with Crippen LogP contribution in [0.15, 0.2) is 24.3 Å². The molecule has 138 valence electrons. The van der Waals surface area contributed by atoms with Gasteiger partial charge in [-0.25, -0.2) is 0 Å². The van der Waals surface area contributed by atoms with Gasteiger partial charge in [0, 0.05) is 39.0 Å². The molecular weight excluding hydrogens is 316 g/mol. The van der Waals surface area contributed by atoms with Crippen LogP contribution in [0.2, 0.25) is 0 Å². The maximum atomic E-state index is 12.5. The first-order valence-electron chi connectivity index (χ1n) is 9.32. The summed E-state index contributed by atoms with van der Waals surface area (Å²) in [6.07, 6.45) is 4.68. The molecule has 1 aromatic carbocycles. The van der Waals surface area contributed by atoms with Crippen molar-refractivity contribution in [2.45, 2.75) is 45.4 Å². The van der Waals surface area contributed by atoms with Gasteiger partial charge in [0.05, 0.1) is 7.11 Å². The molecule has 25 heavy (non-hydrogen) atoms. The predicted octanol–water partition coefficient (Wildman–Crippen LogP) is 2.88. The van der Waals surface area contributed by atoms with Crippen LogP contribution in [0.3, 0.4) is 0 Å². The van der Waals surface area contributed by atoms with E-state index in [0.29, 0.717) is 32.4 Å². The highest BCUT2D eigenvalue weighted by Gasteiger charge is 2.21. The number of carbonyl (C=O) groups is 2. The zero-order valence-corrected chi connectivity index (χ0v) is 15.5. The average molecular weight is 346 g/mol. The maximum Gasteiger partial charge on any atom is 0.222 e. The lowest BCUT2D eigenvalue weighted by atomic mass is 10.1. The van der Waals surface area contributed by atoms with Crippen molar-refractivity contribution in [3.8, 4) is 5.75 Å². The van der Waals surface area contributed by atoms with E-state index in [9.17, 15) is 9.59 Å². The van der Waals surface area contributed by atoms with E-state index < -0.39 is 0 Å². The fraction of sp³-hybridized carbons (Fsp3) is 0.600. The van der Waals surface area contributed by atoms with Gasteiger partial charge in [-0.15, -0.1) is 0 Å². The quantitative estimate of drug-likeness (QED) is 0.763. The normalized spacial score (nSPS) is 15.0. The van der Waals surface area contributed by atoms with Gasteiger partial charge < -0.3 is 14.5 Å². The van der Waals surface area contributed by atoms with Crippen LogP contribution >= 0.6 is 0 Å². The molecule has 5 heteroatoms. The van der Waals surface area contributed by atoms with Crippen molar-refractivity contribution in [2.24, 2.45) is 0 Å². The molecule has 1 fully saturated rings. The van der Waals surface area contributed by atoms with Crippen LogP contribution in [0.25, 0.3) is 0 Å². The summed E-state index contributed by atoms with van der Waals surface area (Å²) in [4.78, 5) is 28.5. The molecule has 0 aromatic heterocycles. The minimum atomic E-state index is 0.172. The van der Waals surface area contributed by atoms with E-state index in [1.807, 2.05) is 34.1 Å². The van der Waals surface area contributed by atoms with Crippen LogP contribution in [0.1, 0.15) is 44.6 Å². The summed E-state index contributed by atoms with van der Waals surface area (Å²) < 4.78 is 5.22. The maximum absolute atomic E-state index is 12.5. The van der Waals surface area contributed by atoms with E-state index in [-0.39, 0.29) is 11.8 Å². The SMILES string of the molecule is CCCCC(=O)N1CCCN(C(=O)CCc2cccc(OC)c2)CC1. The molecule has 1 saturated heterocycles. The minimum Gasteiger partial charge on any atom is -0.497 e. The number of ether oxygens (including phenoxy) is 1. The molecule has 1 heterocycles. The lowest BCUT2D eigenvalue weighted by Gasteiger charge is -2.22. The molecule has 2 rings (SSSR count). The summed E-state index contributed by atoms with van der Waals surface area (Å²) in [5.41, 5.74) is 1.11. The Hall–Kier alpha value is -2.04. The molecular formula is C20H30N2O3. The number of unbranched alkanes of at least 4 members (excludes halogenated alkanes) is 1. The number of benzene rings is 1. The molecule has 0 bridgehead atoms. The van der Waals surface area contributed by atoms with Crippen LogP contribution in [-0.2, 0) is 16.0 Å². The van der Waals surface area contributed by atoms with Gasteiger partial charge in [0.2, 0.25) is 11.8 Å². The second kappa shape index (κ2) is 10.1. The van der Waals surface area contributed by atoms with Gasteiger partial charge in [-0.1, -0.05) is 25.5 Å². The first-order chi connectivity index (χ1) is 12.1. The van der Waals surface area contributed by atoms with Gasteiger partial charge in [-0.05, 0) is 37.0 Å². The largest absolute Gasteiger partial charge is 0.497 e. The number of rotatable bonds is 7. The number of carbonyl (C=O) groups excluding carboxylic acids is 2. The third kappa shape index (κ3) is 6.07. The Labute approximate surface area is 150 Å². The Bertz CT molecular complexity index is 574. The Kier molecular flexibility index (Phi) is 7.76. The minimum absolute atomic E-state index is 0.172. The van der Waals surface area contributed by atoms with Crippen molar-refractivity contribution < 1.29 is 14.3 Å². The molecule has 1 aliphatic heterocycles. The molecule has 0 spiro atoms. The smallest absolute Gasteiger partial charge is 0.222 e. The van der Waals surface area contributed by atoms with Gasteiger partial charge in [0.1, 0.15) is 5.75 Å². The van der Waals surface area contributed by atoms with E-state index in [1.165, 1.54) is 0 Å². The van der Waals surface area contributed by atoms with Gasteiger partial charge in [-0.3, -0.25) is 9.59 Å². The van der Waals surface area contributed by atoms with Crippen molar-refractivity contribution in [1.29, 1.82) is 0 Å². The van der Waals surface area contributed by atoms with Crippen molar-refractivity contribution in [2.75, 3.05) is 33.3 Å². The molecule has 0 atom stereocenters. The van der Waals surface area contributed by atoms with Gasteiger partial charge in [-0.2, -0.15) is 0 Å². The Balaban J connectivity index is 1.81. The van der Waals surface area contributed by atoms with Crippen LogP contribution in [0, 0.1) is 0 Å². The molecule has 0 N–H and O–H groups in total. The highest BCUT2D eigenvalue weighted by atomic mass is 16.5. The highest BCUT2D eigenvalue weighted by Crippen LogP contribution is 2.15. The highest BCUT2D eigenvalue weighted by molar-refractivity contribution is 5.78. The monoisotopic (exact) mass is 346 g/mol. The summed E-state index contributed by atoms with van der Waals surface area (Å²) in [5.74, 6) is 1.22. The van der Waals surface area contributed by atoms with Crippen LogP contribution in [0.4, 0.5) is 0 Å². The van der Waals surface area contributed by atoms with E-state index >= 15 is 0 Å². The first kappa shape index (κ1) is 19.3. The van der Waals surface area contributed by atoms with Crippen LogP contribution < -0.4 is 4.74 Å². The van der Waals surface area contributed by atoms with Crippen molar-refractivity contribution in [3.63, 3.8) is 0 Å². The summed E-state index contributed by atoms with van der Waals surface area (Å²) in [5, 5.41) is 0. The van der Waals surface area contributed by atoms with Crippen molar-refractivity contribution >= 4 is 11.8 Å². The third-order valence-corrected chi connectivity index (χ3v) is 4.71. The lowest BCUT2D eigenvalue weighted by Crippen LogP contribution is -2.37. The number of amides is 2. The van der Waals surface area contributed by atoms with Crippen LogP contribution in [-0.4, -0.2) is 54.9 Å². The number of methoxy groups -OCH3 is 1. The van der Waals surface area contributed by atoms with Gasteiger partial charge in [0.25, 0.3) is 0 Å². The molecule has 0 aliphatic carbocycles. The van der Waals surface area contributed by atoms with E-state index in [0.717, 1.165) is 43.7 Å². The second-order valence-electron chi connectivity index (χ2n) is 6.57. The molecule has 1 aromatic rings. The Morgan fingerprint density at radius 2 is 1.72 bits per heavy atom. The lowest BCUT2D eigenvalue weighted by molar-refractivity contribution is -0.133. The van der Waals surface area contributed by atoms with Crippen molar-refractivity contribution in [3.05, 3.63) is 29.8 Å². The molecule has 0 radical (unpaired) electrons. The summed E-state index contributed by atoms with van der Waals surface area (Å²) >= 11 is 0. The number of hydrogen-bond acceptors (Lipinski definition) is 3. The number of aryl methyl sites for hydroxylation is 1. The van der Waals surface area contributed by atoms with Crippen molar-refractivity contribution in [1.82, 2.24) is 9.80 Å². The zero-order chi connectivity index (χ0) is 18.1. The number of hydrogen-bond donors (Lipinski definition) is 0. The molecule has 5 nitrogen and oxygen atoms in total. The third-order valence-electron chi connectivity index (χ3n) is 4.71. The Morgan fingerprint density at radius 1 is 1.04 bits per heavy atom. The van der Waals surface area contributed by atoms with E-state index in [1.54, 1.807) is 7.11 Å². The molecule has 0 unspecified atom stereocenters. The summed E-state index contributed by atoms with van der Waals surface area (Å²) in [7, 11) is 1.65. The van der Waals surface area contributed by atoms with Gasteiger partial charge >= 0.3 is 0 Å². The predicted molar refractivity (Wildman–Crippen MR) is 98.6 cm³/mol. The molecule has 2 amide bonds. The van der Waals surface area contributed by atoms with Crippen LogP contribution in [0.5, 0.6) is 5.75 Å². The summed E-state index contributed by atoms with van der Waals surface area (Å²) in [6, 6.07) is 7.85. The van der Waals surface area contributed by atoms with Gasteiger partial charge in [0.15, 0.2) is 0 Å². The fourth-order valence-electron chi connectivity index (χ4n) is 3.14. The average Bonchev–Trinajstić information content (AvgIpc) is 2.90. The summed E-state index contributed by atoms with van der Waals surface area (Å²) in [6.45, 7) is 4.91. The molecule has 0 saturated carbocycles. The van der Waals surface area contributed by atoms with E-state index in [2.05, 4.69) is 6.92 Å². The number of nitrogens with zero attached hydrogens (tertiary/aromatic N) is 2. The second-order valence-corrected chi connectivity index (χ2v) is 6.57. The molecule has 1 aliphatic rings. The zero-order valence-electron chi connectivity index (χ0n) is 15.5. The topological polar surface area (TPSA) is 49.9 Å². The first-order valence-corrected chi connectivity index (χ1v) is 9.32.